The van der Waals surface area contributed by atoms with Crippen molar-refractivity contribution >= 4 is 17.7 Å². The van der Waals surface area contributed by atoms with E-state index in [4.69, 9.17) is 5.26 Å². The van der Waals surface area contributed by atoms with Crippen LogP contribution in [0.1, 0.15) is 16.8 Å². The van der Waals surface area contributed by atoms with Gasteiger partial charge in [0.1, 0.15) is 0 Å². The number of amides is 1. The molecule has 1 amide bonds. The van der Waals surface area contributed by atoms with Gasteiger partial charge in [0.2, 0.25) is 5.91 Å². The van der Waals surface area contributed by atoms with Gasteiger partial charge in [-0.25, -0.2) is 4.98 Å². The molecule has 122 valence electrons. The lowest BCUT2D eigenvalue weighted by Gasteiger charge is -2.06. The molecule has 1 aromatic carbocycles. The van der Waals surface area contributed by atoms with Crippen molar-refractivity contribution < 1.29 is 4.79 Å². The maximum atomic E-state index is 11.7. The topological polar surface area (TPSA) is 98.6 Å². The SMILES string of the molecule is C=CCNC(=O)Cc1cc(=O)[nH]c(SCc2ccccc2C#N)n1. The smallest absolute Gasteiger partial charge is 0.251 e. The van der Waals surface area contributed by atoms with Gasteiger partial charge in [-0.15, -0.1) is 6.58 Å². The Balaban J connectivity index is 2.08. The molecule has 7 heteroatoms. The molecule has 2 aromatic rings. The van der Waals surface area contributed by atoms with Crippen LogP contribution in [0.15, 0.2) is 52.9 Å². The fourth-order valence-electron chi connectivity index (χ4n) is 1.96. The summed E-state index contributed by atoms with van der Waals surface area (Å²) in [4.78, 5) is 30.4. The Hall–Kier alpha value is -2.85. The van der Waals surface area contributed by atoms with Gasteiger partial charge in [0.05, 0.1) is 23.7 Å². The minimum Gasteiger partial charge on any atom is -0.352 e. The second-order valence-corrected chi connectivity index (χ2v) is 5.83. The summed E-state index contributed by atoms with van der Waals surface area (Å²) in [5, 5.41) is 12.1. The van der Waals surface area contributed by atoms with Crippen molar-refractivity contribution in [2.24, 2.45) is 0 Å². The Morgan fingerprint density at radius 1 is 1.46 bits per heavy atom. The molecule has 0 bridgehead atoms. The second-order valence-electron chi connectivity index (χ2n) is 4.87. The number of H-pyrrole nitrogens is 1. The van der Waals surface area contributed by atoms with Gasteiger partial charge in [-0.05, 0) is 11.6 Å². The first-order chi connectivity index (χ1) is 11.6. The fraction of sp³-hybridized carbons (Fsp3) is 0.176. The largest absolute Gasteiger partial charge is 0.352 e. The van der Waals surface area contributed by atoms with E-state index in [1.54, 1.807) is 18.2 Å². The minimum atomic E-state index is -0.312. The van der Waals surface area contributed by atoms with Gasteiger partial charge in [0.25, 0.3) is 5.56 Å². The molecule has 0 fully saturated rings. The normalized spacial score (nSPS) is 9.96. The Kier molecular flexibility index (Phi) is 6.34. The summed E-state index contributed by atoms with van der Waals surface area (Å²) in [6.45, 7) is 3.89. The summed E-state index contributed by atoms with van der Waals surface area (Å²) < 4.78 is 0. The van der Waals surface area contributed by atoms with E-state index < -0.39 is 0 Å². The van der Waals surface area contributed by atoms with E-state index in [0.29, 0.717) is 28.7 Å². The number of nitrogens with zero attached hydrogens (tertiary/aromatic N) is 2. The van der Waals surface area contributed by atoms with Crippen molar-refractivity contribution in [1.82, 2.24) is 15.3 Å². The first-order valence-electron chi connectivity index (χ1n) is 7.21. The molecule has 0 aliphatic rings. The van der Waals surface area contributed by atoms with Crippen molar-refractivity contribution in [1.29, 1.82) is 5.26 Å². The first kappa shape index (κ1) is 17.5. The highest BCUT2D eigenvalue weighted by molar-refractivity contribution is 7.98. The Bertz CT molecular complexity index is 839. The summed E-state index contributed by atoms with van der Waals surface area (Å²) >= 11 is 1.31. The van der Waals surface area contributed by atoms with Gasteiger partial charge in [0, 0.05) is 18.4 Å². The number of carbonyl (C=O) groups is 1. The van der Waals surface area contributed by atoms with Gasteiger partial charge in [0.15, 0.2) is 5.16 Å². The lowest BCUT2D eigenvalue weighted by molar-refractivity contribution is -0.120. The molecule has 0 atom stereocenters. The maximum Gasteiger partial charge on any atom is 0.251 e. The summed E-state index contributed by atoms with van der Waals surface area (Å²) in [6.07, 6.45) is 1.61. The molecule has 0 saturated carbocycles. The lowest BCUT2D eigenvalue weighted by Crippen LogP contribution is -2.26. The molecule has 1 aromatic heterocycles. The van der Waals surface area contributed by atoms with E-state index in [-0.39, 0.29) is 17.9 Å². The standard InChI is InChI=1S/C17H16N4O2S/c1-2-7-19-15(22)8-14-9-16(23)21-17(20-14)24-11-13-6-4-3-5-12(13)10-18/h2-6,9H,1,7-8,11H2,(H,19,22)(H,20,21,23). The van der Waals surface area contributed by atoms with Gasteiger partial charge < -0.3 is 10.3 Å². The van der Waals surface area contributed by atoms with E-state index >= 15 is 0 Å². The van der Waals surface area contributed by atoms with Crippen LogP contribution < -0.4 is 10.9 Å². The summed E-state index contributed by atoms with van der Waals surface area (Å²) in [5.74, 6) is 0.275. The molecule has 2 rings (SSSR count). The molecule has 1 heterocycles. The number of nitrogens with one attached hydrogen (secondary N) is 2. The number of benzene rings is 1. The molecule has 0 radical (unpaired) electrons. The maximum absolute atomic E-state index is 11.7. The summed E-state index contributed by atoms with van der Waals surface area (Å²) in [7, 11) is 0. The van der Waals surface area contributed by atoms with Crippen LogP contribution in [0.5, 0.6) is 0 Å². The Morgan fingerprint density at radius 2 is 2.25 bits per heavy atom. The molecule has 0 spiro atoms. The van der Waals surface area contributed by atoms with Crippen molar-refractivity contribution in [3.63, 3.8) is 0 Å². The van der Waals surface area contributed by atoms with Crippen LogP contribution in [0.2, 0.25) is 0 Å². The number of hydrogen-bond donors (Lipinski definition) is 2. The third-order valence-electron chi connectivity index (χ3n) is 3.06. The molecule has 0 aliphatic carbocycles. The fourth-order valence-corrected chi connectivity index (χ4v) is 2.86. The molecule has 2 N–H and O–H groups in total. The van der Waals surface area contributed by atoms with E-state index in [9.17, 15) is 9.59 Å². The second kappa shape index (κ2) is 8.70. The molecule has 0 unspecified atom stereocenters. The molecule has 0 saturated heterocycles. The van der Waals surface area contributed by atoms with Gasteiger partial charge in [-0.2, -0.15) is 5.26 Å². The van der Waals surface area contributed by atoms with Crippen molar-refractivity contribution in [3.05, 3.63) is 70.2 Å². The molecule has 24 heavy (non-hydrogen) atoms. The minimum absolute atomic E-state index is 0.0279. The van der Waals surface area contributed by atoms with Crippen LogP contribution in [-0.2, 0) is 17.0 Å². The quantitative estimate of drug-likeness (QED) is 0.455. The van der Waals surface area contributed by atoms with Gasteiger partial charge >= 0.3 is 0 Å². The van der Waals surface area contributed by atoms with Crippen molar-refractivity contribution in [3.8, 4) is 6.07 Å². The highest BCUT2D eigenvalue weighted by atomic mass is 32.2. The number of aromatic amines is 1. The summed E-state index contributed by atoms with van der Waals surface area (Å²) in [6, 6.07) is 10.7. The highest BCUT2D eigenvalue weighted by Crippen LogP contribution is 2.20. The third kappa shape index (κ3) is 5.11. The zero-order valence-corrected chi connectivity index (χ0v) is 13.7. The lowest BCUT2D eigenvalue weighted by atomic mass is 10.1. The summed E-state index contributed by atoms with van der Waals surface area (Å²) in [5.41, 5.74) is 1.54. The Labute approximate surface area is 143 Å². The molecular formula is C17H16N4O2S. The zero-order chi connectivity index (χ0) is 17.4. The number of thioether (sulfide) groups is 1. The van der Waals surface area contributed by atoms with E-state index in [1.807, 2.05) is 12.1 Å². The van der Waals surface area contributed by atoms with Crippen LogP contribution in [0.25, 0.3) is 0 Å². The predicted molar refractivity (Wildman–Crippen MR) is 92.5 cm³/mol. The van der Waals surface area contributed by atoms with Crippen LogP contribution in [0, 0.1) is 11.3 Å². The van der Waals surface area contributed by atoms with Crippen LogP contribution in [0.3, 0.4) is 0 Å². The molecular weight excluding hydrogens is 324 g/mol. The average Bonchev–Trinajstić information content (AvgIpc) is 2.58. The van der Waals surface area contributed by atoms with E-state index in [0.717, 1.165) is 5.56 Å². The number of hydrogen-bond acceptors (Lipinski definition) is 5. The first-order valence-corrected chi connectivity index (χ1v) is 8.19. The number of carbonyl (C=O) groups excluding carboxylic acids is 1. The average molecular weight is 340 g/mol. The van der Waals surface area contributed by atoms with E-state index in [2.05, 4.69) is 27.9 Å². The molecule has 0 aliphatic heterocycles. The number of rotatable bonds is 7. The monoisotopic (exact) mass is 340 g/mol. The zero-order valence-electron chi connectivity index (χ0n) is 12.9. The van der Waals surface area contributed by atoms with Crippen molar-refractivity contribution in [2.75, 3.05) is 6.54 Å². The van der Waals surface area contributed by atoms with Crippen LogP contribution in [0.4, 0.5) is 0 Å². The third-order valence-corrected chi connectivity index (χ3v) is 3.98. The van der Waals surface area contributed by atoms with Crippen LogP contribution in [-0.4, -0.2) is 22.4 Å². The molecule has 6 nitrogen and oxygen atoms in total. The Morgan fingerprint density at radius 3 is 3.00 bits per heavy atom. The predicted octanol–water partition coefficient (Wildman–Crippen LogP) is 1.78. The highest BCUT2D eigenvalue weighted by Gasteiger charge is 2.08. The number of nitriles is 1. The van der Waals surface area contributed by atoms with E-state index in [1.165, 1.54) is 17.8 Å². The van der Waals surface area contributed by atoms with Gasteiger partial charge in [-0.1, -0.05) is 36.0 Å². The van der Waals surface area contributed by atoms with Crippen LogP contribution >= 0.6 is 11.8 Å². The number of aromatic nitrogens is 2. The van der Waals surface area contributed by atoms with Gasteiger partial charge in [-0.3, -0.25) is 9.59 Å². The van der Waals surface area contributed by atoms with Crippen molar-refractivity contribution in [2.45, 2.75) is 17.3 Å².